The highest BCUT2D eigenvalue weighted by molar-refractivity contribution is 5.96. The minimum atomic E-state index is -0.323. The van der Waals surface area contributed by atoms with Gasteiger partial charge in [0.05, 0.1) is 0 Å². The molecular formula is C20H32Cl2N4O2. The molecule has 0 atom stereocenters. The third kappa shape index (κ3) is 7.80. The van der Waals surface area contributed by atoms with Crippen LogP contribution in [0.3, 0.4) is 0 Å². The molecule has 0 bridgehead atoms. The van der Waals surface area contributed by atoms with Crippen molar-refractivity contribution in [3.8, 4) is 0 Å². The lowest BCUT2D eigenvalue weighted by Crippen LogP contribution is -2.48. The van der Waals surface area contributed by atoms with Gasteiger partial charge in [-0.3, -0.25) is 14.9 Å². The van der Waals surface area contributed by atoms with E-state index in [2.05, 4.69) is 35.1 Å². The summed E-state index contributed by atoms with van der Waals surface area (Å²) in [5.74, 6) is -0.0969. The fourth-order valence-corrected chi connectivity index (χ4v) is 3.30. The van der Waals surface area contributed by atoms with E-state index in [-0.39, 0.29) is 47.7 Å². The van der Waals surface area contributed by atoms with Crippen LogP contribution in [-0.2, 0) is 16.1 Å². The predicted octanol–water partition coefficient (Wildman–Crippen LogP) is 2.78. The van der Waals surface area contributed by atoms with Crippen LogP contribution in [-0.4, -0.2) is 36.0 Å². The maximum Gasteiger partial charge on any atom is 0.248 e. The summed E-state index contributed by atoms with van der Waals surface area (Å²) in [7, 11) is 0. The molecule has 1 heterocycles. The summed E-state index contributed by atoms with van der Waals surface area (Å²) in [5, 5.41) is 12.5. The van der Waals surface area contributed by atoms with Gasteiger partial charge in [-0.2, -0.15) is 0 Å². The maximum absolute atomic E-state index is 12.4. The Labute approximate surface area is 180 Å². The molecule has 4 N–H and O–H groups in total. The zero-order chi connectivity index (χ0) is 19.4. The zero-order valence-corrected chi connectivity index (χ0v) is 18.8. The Balaban J connectivity index is 0.00000364. The van der Waals surface area contributed by atoms with Gasteiger partial charge in [-0.15, -0.1) is 24.8 Å². The first kappa shape index (κ1) is 26.4. The molecule has 0 saturated carbocycles. The summed E-state index contributed by atoms with van der Waals surface area (Å²) in [4.78, 5) is 23.4. The van der Waals surface area contributed by atoms with Gasteiger partial charge in [0.25, 0.3) is 0 Å². The van der Waals surface area contributed by atoms with Crippen LogP contribution in [0, 0.1) is 0 Å². The Morgan fingerprint density at radius 1 is 1.00 bits per heavy atom. The summed E-state index contributed by atoms with van der Waals surface area (Å²) in [6.45, 7) is 11.6. The molecule has 1 aliphatic heterocycles. The van der Waals surface area contributed by atoms with E-state index >= 15 is 0 Å². The van der Waals surface area contributed by atoms with Crippen LogP contribution in [0.2, 0.25) is 0 Å². The monoisotopic (exact) mass is 430 g/mol. The summed E-state index contributed by atoms with van der Waals surface area (Å²) >= 11 is 0. The van der Waals surface area contributed by atoms with Crippen LogP contribution >= 0.6 is 24.8 Å². The van der Waals surface area contributed by atoms with E-state index in [1.54, 1.807) is 0 Å². The van der Waals surface area contributed by atoms with Crippen molar-refractivity contribution in [3.63, 3.8) is 0 Å². The van der Waals surface area contributed by atoms with Crippen molar-refractivity contribution in [2.45, 2.75) is 52.2 Å². The van der Waals surface area contributed by atoms with Crippen molar-refractivity contribution >= 4 is 42.3 Å². The van der Waals surface area contributed by atoms with Gasteiger partial charge < -0.3 is 16.0 Å². The molecule has 0 aliphatic carbocycles. The van der Waals surface area contributed by atoms with Gasteiger partial charge >= 0.3 is 0 Å². The van der Waals surface area contributed by atoms with E-state index in [0.717, 1.165) is 16.8 Å². The smallest absolute Gasteiger partial charge is 0.248 e. The molecule has 6 nitrogen and oxygen atoms in total. The van der Waals surface area contributed by atoms with Gasteiger partial charge in [0.15, 0.2) is 0 Å². The quantitative estimate of drug-likeness (QED) is 0.501. The van der Waals surface area contributed by atoms with Gasteiger partial charge in [0.1, 0.15) is 0 Å². The third-order valence-corrected chi connectivity index (χ3v) is 4.25. The number of benzene rings is 1. The van der Waals surface area contributed by atoms with Crippen molar-refractivity contribution in [1.29, 1.82) is 0 Å². The minimum Gasteiger partial charge on any atom is -0.351 e. The van der Waals surface area contributed by atoms with Crippen molar-refractivity contribution in [2.75, 3.05) is 18.4 Å². The molecule has 1 aromatic carbocycles. The number of hydrogen-bond donors (Lipinski definition) is 4. The summed E-state index contributed by atoms with van der Waals surface area (Å²) in [6.07, 6.45) is 2.01. The fourth-order valence-electron chi connectivity index (χ4n) is 3.30. The van der Waals surface area contributed by atoms with Crippen LogP contribution in [0.25, 0.3) is 0 Å². The van der Waals surface area contributed by atoms with Crippen LogP contribution in [0.15, 0.2) is 35.9 Å². The molecule has 28 heavy (non-hydrogen) atoms. The lowest BCUT2D eigenvalue weighted by Gasteiger charge is -2.27. The van der Waals surface area contributed by atoms with E-state index in [4.69, 9.17) is 0 Å². The standard InChI is InChI=1S/C20H30N4O2.2ClH/c1-14(25)23-16-8-6-15(7-9-16)13-21-10-11-22-18(26)17-12-19(2,3)24-20(17,4)5;;/h6-9,12,21,24H,10-11,13H2,1-5H3,(H,22,26)(H,23,25);2*1H. The van der Waals surface area contributed by atoms with Gasteiger partial charge in [0, 0.05) is 48.9 Å². The second kappa shape index (κ2) is 10.8. The lowest BCUT2D eigenvalue weighted by atomic mass is 9.96. The number of amides is 2. The van der Waals surface area contributed by atoms with Crippen molar-refractivity contribution in [1.82, 2.24) is 16.0 Å². The molecule has 2 amide bonds. The average molecular weight is 431 g/mol. The van der Waals surface area contributed by atoms with E-state index in [9.17, 15) is 9.59 Å². The molecule has 8 heteroatoms. The number of anilines is 1. The first-order valence-corrected chi connectivity index (χ1v) is 8.97. The Bertz CT molecular complexity index is 701. The summed E-state index contributed by atoms with van der Waals surface area (Å²) in [6, 6.07) is 7.69. The molecule has 0 saturated heterocycles. The predicted molar refractivity (Wildman–Crippen MR) is 119 cm³/mol. The molecule has 2 rings (SSSR count). The Morgan fingerprint density at radius 3 is 2.11 bits per heavy atom. The normalized spacial score (nSPS) is 16.2. The molecular weight excluding hydrogens is 399 g/mol. The first-order valence-electron chi connectivity index (χ1n) is 8.97. The highest BCUT2D eigenvalue weighted by Crippen LogP contribution is 2.29. The minimum absolute atomic E-state index is 0. The van der Waals surface area contributed by atoms with Crippen molar-refractivity contribution < 1.29 is 9.59 Å². The SMILES string of the molecule is CC(=O)Nc1ccc(CNCCNC(=O)C2=CC(C)(C)NC2(C)C)cc1.Cl.Cl. The first-order chi connectivity index (χ1) is 12.1. The Morgan fingerprint density at radius 2 is 1.61 bits per heavy atom. The number of carbonyl (C=O) groups excluding carboxylic acids is 2. The number of hydrogen-bond acceptors (Lipinski definition) is 4. The Hall–Kier alpha value is -1.60. The molecule has 0 unspecified atom stereocenters. The van der Waals surface area contributed by atoms with Crippen molar-refractivity contribution in [2.24, 2.45) is 0 Å². The van der Waals surface area contributed by atoms with Gasteiger partial charge in [-0.1, -0.05) is 18.2 Å². The average Bonchev–Trinajstić information content (AvgIpc) is 2.75. The van der Waals surface area contributed by atoms with Crippen molar-refractivity contribution in [3.05, 3.63) is 41.5 Å². The lowest BCUT2D eigenvalue weighted by molar-refractivity contribution is -0.118. The second-order valence-electron chi connectivity index (χ2n) is 7.84. The van der Waals surface area contributed by atoms with E-state index < -0.39 is 0 Å². The maximum atomic E-state index is 12.4. The van der Waals surface area contributed by atoms with E-state index in [0.29, 0.717) is 19.6 Å². The van der Waals surface area contributed by atoms with E-state index in [1.807, 2.05) is 44.2 Å². The van der Waals surface area contributed by atoms with Crippen LogP contribution in [0.1, 0.15) is 40.2 Å². The van der Waals surface area contributed by atoms with E-state index in [1.165, 1.54) is 6.92 Å². The topological polar surface area (TPSA) is 82.3 Å². The van der Waals surface area contributed by atoms with Crippen LogP contribution in [0.4, 0.5) is 5.69 Å². The highest BCUT2D eigenvalue weighted by atomic mass is 35.5. The molecule has 1 aromatic rings. The molecule has 0 aromatic heterocycles. The molecule has 0 spiro atoms. The molecule has 0 fully saturated rings. The van der Waals surface area contributed by atoms with Gasteiger partial charge in [0.2, 0.25) is 11.8 Å². The number of nitrogens with one attached hydrogen (secondary N) is 4. The van der Waals surface area contributed by atoms with Crippen LogP contribution in [0.5, 0.6) is 0 Å². The number of halogens is 2. The number of carbonyl (C=O) groups is 2. The summed E-state index contributed by atoms with van der Waals surface area (Å²) in [5.41, 5.74) is 2.21. The summed E-state index contributed by atoms with van der Waals surface area (Å²) < 4.78 is 0. The molecule has 158 valence electrons. The zero-order valence-electron chi connectivity index (χ0n) is 17.1. The van der Waals surface area contributed by atoms with Crippen LogP contribution < -0.4 is 21.3 Å². The number of rotatable bonds is 7. The largest absolute Gasteiger partial charge is 0.351 e. The third-order valence-electron chi connectivity index (χ3n) is 4.25. The molecule has 0 radical (unpaired) electrons. The van der Waals surface area contributed by atoms with Gasteiger partial charge in [-0.05, 0) is 45.4 Å². The second-order valence-corrected chi connectivity index (χ2v) is 7.84. The Kier molecular flexibility index (Phi) is 10.2. The highest BCUT2D eigenvalue weighted by Gasteiger charge is 2.39. The molecule has 1 aliphatic rings. The van der Waals surface area contributed by atoms with Gasteiger partial charge in [-0.25, -0.2) is 0 Å². The fraction of sp³-hybridized carbons (Fsp3) is 0.500.